The maximum Gasteiger partial charge on any atom is 0.223 e. The van der Waals surface area contributed by atoms with E-state index in [1.54, 1.807) is 0 Å². The SMILES string of the molecule is O=C(NC1CC2CCC(C1)N2Cc1nnnn1C1CC1)C1CC1. The van der Waals surface area contributed by atoms with Crippen molar-refractivity contribution in [3.8, 4) is 0 Å². The van der Waals surface area contributed by atoms with Crippen LogP contribution in [0.15, 0.2) is 0 Å². The molecule has 2 aliphatic heterocycles. The van der Waals surface area contributed by atoms with Gasteiger partial charge < -0.3 is 5.32 Å². The molecule has 2 bridgehead atoms. The molecule has 0 radical (unpaired) electrons. The van der Waals surface area contributed by atoms with Crippen molar-refractivity contribution in [1.82, 2.24) is 30.4 Å². The van der Waals surface area contributed by atoms with Gasteiger partial charge in [0.05, 0.1) is 12.6 Å². The maximum absolute atomic E-state index is 12.0. The van der Waals surface area contributed by atoms with E-state index in [1.807, 2.05) is 4.68 Å². The largest absolute Gasteiger partial charge is 0.353 e. The summed E-state index contributed by atoms with van der Waals surface area (Å²) in [7, 11) is 0. The standard InChI is InChI=1S/C16H24N6O/c23-16(10-1-2-10)17-11-7-13-5-6-14(8-11)21(13)9-15-18-19-20-22(15)12-3-4-12/h10-14H,1-9H2,(H,17,23). The molecule has 4 fully saturated rings. The predicted octanol–water partition coefficient (Wildman–Crippen LogP) is 1.03. The first-order valence-electron chi connectivity index (χ1n) is 9.11. The molecule has 2 aliphatic carbocycles. The molecule has 23 heavy (non-hydrogen) atoms. The topological polar surface area (TPSA) is 75.9 Å². The van der Waals surface area contributed by atoms with Crippen LogP contribution in [-0.2, 0) is 11.3 Å². The van der Waals surface area contributed by atoms with Gasteiger partial charge in [-0.1, -0.05) is 0 Å². The van der Waals surface area contributed by atoms with E-state index in [9.17, 15) is 4.79 Å². The Morgan fingerprint density at radius 3 is 2.39 bits per heavy atom. The number of tetrazole rings is 1. The minimum Gasteiger partial charge on any atom is -0.353 e. The Labute approximate surface area is 135 Å². The zero-order chi connectivity index (χ0) is 15.4. The fourth-order valence-electron chi connectivity index (χ4n) is 4.40. The molecule has 1 N–H and O–H groups in total. The molecule has 1 amide bonds. The van der Waals surface area contributed by atoms with Crippen LogP contribution in [0.25, 0.3) is 0 Å². The van der Waals surface area contributed by atoms with Crippen LogP contribution in [0.4, 0.5) is 0 Å². The van der Waals surface area contributed by atoms with Crippen LogP contribution in [0.2, 0.25) is 0 Å². The van der Waals surface area contributed by atoms with Crippen LogP contribution >= 0.6 is 0 Å². The van der Waals surface area contributed by atoms with E-state index >= 15 is 0 Å². The normalized spacial score (nSPS) is 33.8. The lowest BCUT2D eigenvalue weighted by Crippen LogP contribution is -2.50. The molecule has 5 rings (SSSR count). The number of carbonyl (C=O) groups is 1. The molecule has 2 saturated carbocycles. The molecule has 2 unspecified atom stereocenters. The van der Waals surface area contributed by atoms with E-state index in [-0.39, 0.29) is 0 Å². The molecule has 3 heterocycles. The van der Waals surface area contributed by atoms with E-state index in [4.69, 9.17) is 0 Å². The van der Waals surface area contributed by atoms with Crippen molar-refractivity contribution in [1.29, 1.82) is 0 Å². The van der Waals surface area contributed by atoms with Gasteiger partial charge in [0.15, 0.2) is 5.82 Å². The fourth-order valence-corrected chi connectivity index (χ4v) is 4.40. The minimum atomic E-state index is 0.292. The number of hydrogen-bond acceptors (Lipinski definition) is 5. The quantitative estimate of drug-likeness (QED) is 0.878. The Morgan fingerprint density at radius 2 is 1.74 bits per heavy atom. The second kappa shape index (κ2) is 5.26. The van der Waals surface area contributed by atoms with Gasteiger partial charge in [-0.25, -0.2) is 4.68 Å². The maximum atomic E-state index is 12.0. The van der Waals surface area contributed by atoms with Crippen LogP contribution in [0.3, 0.4) is 0 Å². The smallest absolute Gasteiger partial charge is 0.223 e. The molecule has 4 aliphatic rings. The van der Waals surface area contributed by atoms with E-state index in [0.29, 0.717) is 36.0 Å². The molecule has 1 aromatic heterocycles. The van der Waals surface area contributed by atoms with Crippen molar-refractivity contribution in [2.75, 3.05) is 0 Å². The molecular weight excluding hydrogens is 292 g/mol. The van der Waals surface area contributed by atoms with Crippen molar-refractivity contribution in [3.63, 3.8) is 0 Å². The summed E-state index contributed by atoms with van der Waals surface area (Å²) in [6.07, 6.45) is 9.24. The van der Waals surface area contributed by atoms with E-state index in [0.717, 1.165) is 38.1 Å². The molecule has 2 saturated heterocycles. The monoisotopic (exact) mass is 316 g/mol. The highest BCUT2D eigenvalue weighted by Crippen LogP contribution is 2.39. The van der Waals surface area contributed by atoms with Gasteiger partial charge in [0.1, 0.15) is 0 Å². The Bertz CT molecular complexity index is 593. The van der Waals surface area contributed by atoms with Crippen LogP contribution in [-0.4, -0.2) is 49.1 Å². The van der Waals surface area contributed by atoms with Gasteiger partial charge in [0, 0.05) is 24.0 Å². The third-order valence-electron chi connectivity index (χ3n) is 5.96. The molecule has 124 valence electrons. The number of aromatic nitrogens is 4. The Balaban J connectivity index is 1.24. The highest BCUT2D eigenvalue weighted by molar-refractivity contribution is 5.81. The summed E-state index contributed by atoms with van der Waals surface area (Å²) in [6.45, 7) is 0.863. The van der Waals surface area contributed by atoms with Crippen molar-refractivity contribution in [2.24, 2.45) is 5.92 Å². The van der Waals surface area contributed by atoms with Gasteiger partial charge in [-0.3, -0.25) is 9.69 Å². The van der Waals surface area contributed by atoms with E-state index in [2.05, 4.69) is 25.7 Å². The van der Waals surface area contributed by atoms with Gasteiger partial charge in [-0.2, -0.15) is 0 Å². The van der Waals surface area contributed by atoms with Crippen molar-refractivity contribution < 1.29 is 4.79 Å². The summed E-state index contributed by atoms with van der Waals surface area (Å²) in [5, 5.41) is 15.6. The second-order valence-electron chi connectivity index (χ2n) is 7.78. The number of carbonyl (C=O) groups excluding carboxylic acids is 1. The number of amides is 1. The minimum absolute atomic E-state index is 0.292. The lowest BCUT2D eigenvalue weighted by atomic mass is 9.97. The highest BCUT2D eigenvalue weighted by Gasteiger charge is 2.43. The number of fused-ring (bicyclic) bond motifs is 2. The van der Waals surface area contributed by atoms with Gasteiger partial charge in [0.2, 0.25) is 5.91 Å². The summed E-state index contributed by atoms with van der Waals surface area (Å²) >= 11 is 0. The zero-order valence-electron chi connectivity index (χ0n) is 13.4. The van der Waals surface area contributed by atoms with Crippen LogP contribution in [0.1, 0.15) is 63.2 Å². The zero-order valence-corrected chi connectivity index (χ0v) is 13.4. The van der Waals surface area contributed by atoms with Crippen LogP contribution in [0, 0.1) is 5.92 Å². The lowest BCUT2D eigenvalue weighted by Gasteiger charge is -2.38. The molecule has 0 spiro atoms. The average Bonchev–Trinajstić information content (AvgIpc) is 3.45. The third-order valence-corrected chi connectivity index (χ3v) is 5.96. The van der Waals surface area contributed by atoms with Crippen LogP contribution in [0.5, 0.6) is 0 Å². The first-order valence-corrected chi connectivity index (χ1v) is 9.11. The second-order valence-corrected chi connectivity index (χ2v) is 7.78. The Morgan fingerprint density at radius 1 is 1.04 bits per heavy atom. The average molecular weight is 316 g/mol. The molecule has 2 atom stereocenters. The van der Waals surface area contributed by atoms with Crippen LogP contribution < -0.4 is 5.32 Å². The number of nitrogens with one attached hydrogen (secondary N) is 1. The summed E-state index contributed by atoms with van der Waals surface area (Å²) in [5.74, 6) is 1.62. The molecule has 7 heteroatoms. The van der Waals surface area contributed by atoms with Gasteiger partial charge in [-0.15, -0.1) is 5.10 Å². The van der Waals surface area contributed by atoms with Crippen molar-refractivity contribution >= 4 is 5.91 Å². The first kappa shape index (κ1) is 13.9. The number of rotatable bonds is 5. The molecular formula is C16H24N6O. The summed E-state index contributed by atoms with van der Waals surface area (Å²) < 4.78 is 2.03. The Hall–Kier alpha value is -1.50. The number of nitrogens with zero attached hydrogens (tertiary/aromatic N) is 5. The molecule has 0 aromatic carbocycles. The van der Waals surface area contributed by atoms with Gasteiger partial charge in [-0.05, 0) is 61.8 Å². The highest BCUT2D eigenvalue weighted by atomic mass is 16.2. The molecule has 7 nitrogen and oxygen atoms in total. The van der Waals surface area contributed by atoms with Crippen molar-refractivity contribution in [2.45, 2.75) is 82.1 Å². The van der Waals surface area contributed by atoms with E-state index < -0.39 is 0 Å². The van der Waals surface area contributed by atoms with Crippen molar-refractivity contribution in [3.05, 3.63) is 5.82 Å². The first-order chi connectivity index (χ1) is 11.3. The predicted molar refractivity (Wildman–Crippen MR) is 82.3 cm³/mol. The number of hydrogen-bond donors (Lipinski definition) is 1. The fraction of sp³-hybridized carbons (Fsp3) is 0.875. The summed E-state index contributed by atoms with van der Waals surface area (Å²) in [4.78, 5) is 14.6. The Kier molecular flexibility index (Phi) is 3.18. The summed E-state index contributed by atoms with van der Waals surface area (Å²) in [5.41, 5.74) is 0. The third kappa shape index (κ3) is 2.65. The summed E-state index contributed by atoms with van der Waals surface area (Å²) in [6, 6.07) is 2.05. The molecule has 1 aromatic rings. The van der Waals surface area contributed by atoms with Gasteiger partial charge in [0.25, 0.3) is 0 Å². The number of piperidine rings is 1. The van der Waals surface area contributed by atoms with Gasteiger partial charge >= 0.3 is 0 Å². The van der Waals surface area contributed by atoms with E-state index in [1.165, 1.54) is 25.7 Å². The lowest BCUT2D eigenvalue weighted by molar-refractivity contribution is -0.123.